The first-order chi connectivity index (χ1) is 10.3. The SMILES string of the molecule is CC(O)C(=O)N1CCN(C(=O)c2cc(F)c(F)cc2Cl)CC1. The number of halogens is 3. The van der Waals surface area contributed by atoms with Crippen LogP contribution in [-0.4, -0.2) is 59.0 Å². The lowest BCUT2D eigenvalue weighted by molar-refractivity contribution is -0.140. The first kappa shape index (κ1) is 16.6. The van der Waals surface area contributed by atoms with E-state index in [1.807, 2.05) is 0 Å². The number of nitrogens with zero attached hydrogens (tertiary/aromatic N) is 2. The highest BCUT2D eigenvalue weighted by atomic mass is 35.5. The van der Waals surface area contributed by atoms with Crippen LogP contribution in [0.4, 0.5) is 8.78 Å². The minimum absolute atomic E-state index is 0.115. The third-order valence-corrected chi connectivity index (χ3v) is 3.79. The highest BCUT2D eigenvalue weighted by Gasteiger charge is 2.28. The number of amides is 2. The zero-order valence-electron chi connectivity index (χ0n) is 11.9. The van der Waals surface area contributed by atoms with E-state index in [4.69, 9.17) is 11.6 Å². The fraction of sp³-hybridized carbons (Fsp3) is 0.429. The first-order valence-corrected chi connectivity index (χ1v) is 7.09. The molecule has 1 aliphatic rings. The van der Waals surface area contributed by atoms with Crippen molar-refractivity contribution in [3.8, 4) is 0 Å². The molecule has 8 heteroatoms. The van der Waals surface area contributed by atoms with Crippen molar-refractivity contribution >= 4 is 23.4 Å². The molecule has 1 unspecified atom stereocenters. The zero-order chi connectivity index (χ0) is 16.4. The topological polar surface area (TPSA) is 60.9 Å². The van der Waals surface area contributed by atoms with Gasteiger partial charge in [-0.15, -0.1) is 0 Å². The Bertz CT molecular complexity index is 602. The third kappa shape index (κ3) is 3.36. The quantitative estimate of drug-likeness (QED) is 0.830. The van der Waals surface area contributed by atoms with Gasteiger partial charge in [-0.3, -0.25) is 9.59 Å². The molecule has 1 fully saturated rings. The van der Waals surface area contributed by atoms with Crippen molar-refractivity contribution in [3.63, 3.8) is 0 Å². The van der Waals surface area contributed by atoms with Gasteiger partial charge in [0.15, 0.2) is 11.6 Å². The van der Waals surface area contributed by atoms with Crippen molar-refractivity contribution < 1.29 is 23.5 Å². The Hall–Kier alpha value is -1.73. The summed E-state index contributed by atoms with van der Waals surface area (Å²) in [5, 5.41) is 9.09. The van der Waals surface area contributed by atoms with Gasteiger partial charge in [0.05, 0.1) is 10.6 Å². The van der Waals surface area contributed by atoms with Crippen LogP contribution in [0.2, 0.25) is 5.02 Å². The van der Waals surface area contributed by atoms with Crippen LogP contribution in [0.3, 0.4) is 0 Å². The number of aliphatic hydroxyl groups excluding tert-OH is 1. The summed E-state index contributed by atoms with van der Waals surface area (Å²) >= 11 is 5.78. The molecule has 1 N–H and O–H groups in total. The molecule has 0 bridgehead atoms. The van der Waals surface area contributed by atoms with Gasteiger partial charge in [0.2, 0.25) is 0 Å². The Morgan fingerprint density at radius 3 is 2.18 bits per heavy atom. The van der Waals surface area contributed by atoms with Gasteiger partial charge in [0, 0.05) is 26.2 Å². The largest absolute Gasteiger partial charge is 0.384 e. The van der Waals surface area contributed by atoms with Crippen molar-refractivity contribution in [1.29, 1.82) is 0 Å². The molecule has 1 aromatic rings. The van der Waals surface area contributed by atoms with Crippen molar-refractivity contribution in [2.24, 2.45) is 0 Å². The smallest absolute Gasteiger partial charge is 0.255 e. The van der Waals surface area contributed by atoms with Crippen molar-refractivity contribution in [3.05, 3.63) is 34.4 Å². The van der Waals surface area contributed by atoms with E-state index in [1.165, 1.54) is 16.7 Å². The predicted octanol–water partition coefficient (Wildman–Crippen LogP) is 1.28. The number of piperazine rings is 1. The van der Waals surface area contributed by atoms with Gasteiger partial charge in [0.1, 0.15) is 6.10 Å². The van der Waals surface area contributed by atoms with Crippen LogP contribution in [0, 0.1) is 11.6 Å². The summed E-state index contributed by atoms with van der Waals surface area (Å²) in [5.74, 6) is -3.18. The summed E-state index contributed by atoms with van der Waals surface area (Å²) in [7, 11) is 0. The van der Waals surface area contributed by atoms with E-state index in [-0.39, 0.29) is 36.8 Å². The van der Waals surface area contributed by atoms with Crippen LogP contribution in [0.1, 0.15) is 17.3 Å². The van der Waals surface area contributed by atoms with Gasteiger partial charge in [-0.1, -0.05) is 11.6 Å². The second kappa shape index (κ2) is 6.58. The van der Waals surface area contributed by atoms with Gasteiger partial charge in [-0.2, -0.15) is 0 Å². The van der Waals surface area contributed by atoms with Gasteiger partial charge < -0.3 is 14.9 Å². The van der Waals surface area contributed by atoms with E-state index in [0.29, 0.717) is 0 Å². The maximum absolute atomic E-state index is 13.3. The number of aliphatic hydroxyl groups is 1. The lowest BCUT2D eigenvalue weighted by Gasteiger charge is -2.35. The van der Waals surface area contributed by atoms with Crippen molar-refractivity contribution in [1.82, 2.24) is 9.80 Å². The molecular weight excluding hydrogens is 318 g/mol. The lowest BCUT2D eigenvalue weighted by atomic mass is 10.1. The van der Waals surface area contributed by atoms with E-state index in [1.54, 1.807) is 0 Å². The number of benzene rings is 1. The van der Waals surface area contributed by atoms with Gasteiger partial charge in [-0.05, 0) is 19.1 Å². The Balaban J connectivity index is 2.07. The van der Waals surface area contributed by atoms with Crippen LogP contribution in [0.5, 0.6) is 0 Å². The maximum atomic E-state index is 13.3. The number of hydrogen-bond donors (Lipinski definition) is 1. The minimum atomic E-state index is -1.14. The Morgan fingerprint density at radius 1 is 1.14 bits per heavy atom. The van der Waals surface area contributed by atoms with Crippen LogP contribution in [-0.2, 0) is 4.79 Å². The lowest BCUT2D eigenvalue weighted by Crippen LogP contribution is -2.52. The molecule has 0 aromatic heterocycles. The van der Waals surface area contributed by atoms with Crippen LogP contribution in [0.25, 0.3) is 0 Å². The molecule has 1 heterocycles. The first-order valence-electron chi connectivity index (χ1n) is 6.72. The van der Waals surface area contributed by atoms with E-state index < -0.39 is 29.6 Å². The Morgan fingerprint density at radius 2 is 1.64 bits per heavy atom. The summed E-state index contributed by atoms with van der Waals surface area (Å²) in [6.45, 7) is 2.35. The number of carbonyl (C=O) groups excluding carboxylic acids is 2. The van der Waals surface area contributed by atoms with Crippen molar-refractivity contribution in [2.75, 3.05) is 26.2 Å². The molecule has 0 radical (unpaired) electrons. The van der Waals surface area contributed by atoms with Gasteiger partial charge in [0.25, 0.3) is 11.8 Å². The maximum Gasteiger partial charge on any atom is 0.255 e. The molecule has 1 atom stereocenters. The molecule has 1 saturated heterocycles. The summed E-state index contributed by atoms with van der Waals surface area (Å²) in [6, 6.07) is 1.53. The number of carbonyl (C=O) groups is 2. The summed E-state index contributed by atoms with van der Waals surface area (Å²) in [5.41, 5.74) is -0.115. The van der Waals surface area contributed by atoms with Crippen LogP contribution >= 0.6 is 11.6 Å². The van der Waals surface area contributed by atoms with Crippen molar-refractivity contribution in [2.45, 2.75) is 13.0 Å². The third-order valence-electron chi connectivity index (χ3n) is 3.48. The average molecular weight is 333 g/mol. The minimum Gasteiger partial charge on any atom is -0.384 e. The van der Waals surface area contributed by atoms with E-state index >= 15 is 0 Å². The van der Waals surface area contributed by atoms with Gasteiger partial charge in [-0.25, -0.2) is 8.78 Å². The number of hydrogen-bond acceptors (Lipinski definition) is 3. The Labute approximate surface area is 131 Å². The standard InChI is InChI=1S/C14H15ClF2N2O3/c1-8(20)13(21)18-2-4-19(5-3-18)14(22)9-6-11(16)12(17)7-10(9)15/h6-8,20H,2-5H2,1H3. The van der Waals surface area contributed by atoms with Gasteiger partial charge >= 0.3 is 0 Å². The average Bonchev–Trinajstić information content (AvgIpc) is 2.49. The summed E-state index contributed by atoms with van der Waals surface area (Å²) in [4.78, 5) is 26.8. The molecule has 0 aliphatic carbocycles. The second-order valence-corrected chi connectivity index (χ2v) is 5.45. The van der Waals surface area contributed by atoms with E-state index in [9.17, 15) is 23.5 Å². The fourth-order valence-corrected chi connectivity index (χ4v) is 2.48. The molecule has 0 spiro atoms. The number of rotatable bonds is 2. The molecule has 120 valence electrons. The Kier molecular flexibility index (Phi) is 4.97. The molecule has 2 rings (SSSR count). The highest BCUT2D eigenvalue weighted by molar-refractivity contribution is 6.33. The molecular formula is C14H15ClF2N2O3. The second-order valence-electron chi connectivity index (χ2n) is 5.04. The molecule has 2 amide bonds. The van der Waals surface area contributed by atoms with E-state index in [2.05, 4.69) is 0 Å². The monoisotopic (exact) mass is 332 g/mol. The van der Waals surface area contributed by atoms with Crippen LogP contribution in [0.15, 0.2) is 12.1 Å². The molecule has 1 aromatic carbocycles. The molecule has 1 aliphatic heterocycles. The molecule has 0 saturated carbocycles. The normalized spacial score (nSPS) is 16.6. The van der Waals surface area contributed by atoms with Crippen LogP contribution < -0.4 is 0 Å². The zero-order valence-corrected chi connectivity index (χ0v) is 12.6. The van der Waals surface area contributed by atoms with E-state index in [0.717, 1.165) is 12.1 Å². The highest BCUT2D eigenvalue weighted by Crippen LogP contribution is 2.22. The molecule has 22 heavy (non-hydrogen) atoms. The predicted molar refractivity (Wildman–Crippen MR) is 75.5 cm³/mol. The summed E-state index contributed by atoms with van der Waals surface area (Å²) in [6.07, 6.45) is -1.09. The summed E-state index contributed by atoms with van der Waals surface area (Å²) < 4.78 is 26.3. The fourth-order valence-electron chi connectivity index (χ4n) is 2.25. The molecule has 5 nitrogen and oxygen atoms in total.